The second-order valence-corrected chi connectivity index (χ2v) is 37.2. The van der Waals surface area contributed by atoms with Gasteiger partial charge in [-0.15, -0.1) is 56.7 Å². The quantitative estimate of drug-likeness (QED) is 0.0354. The lowest BCUT2D eigenvalue weighted by molar-refractivity contribution is 0.289. The molecule has 0 spiro atoms. The molecule has 0 radical (unpaired) electrons. The van der Waals surface area contributed by atoms with E-state index in [-0.39, 0.29) is 0 Å². The Bertz CT molecular complexity index is 3280. The van der Waals surface area contributed by atoms with E-state index >= 15 is 0 Å². The van der Waals surface area contributed by atoms with E-state index in [9.17, 15) is 0 Å². The van der Waals surface area contributed by atoms with E-state index in [0.717, 1.165) is 131 Å². The first-order chi connectivity index (χ1) is 50.7. The van der Waals surface area contributed by atoms with Crippen LogP contribution in [0, 0.1) is 0 Å². The lowest BCUT2D eigenvalue weighted by Gasteiger charge is -2.16. The molecule has 568 valence electrons. The molecule has 8 rings (SSSR count). The molecular formula is C90H130Br2N2O4S5. The minimum atomic E-state index is 0.646. The summed E-state index contributed by atoms with van der Waals surface area (Å²) in [5.41, 5.74) is 8.13. The number of unbranched alkanes of at least 4 members (excludes halogenated alkanes) is 38. The summed E-state index contributed by atoms with van der Waals surface area (Å²) in [5, 5.41) is 0. The van der Waals surface area contributed by atoms with E-state index in [2.05, 4.69) is 146 Å². The smallest absolute Gasteiger partial charge is 0.123 e. The van der Waals surface area contributed by atoms with Crippen molar-refractivity contribution in [3.05, 3.63) is 91.5 Å². The molecule has 103 heavy (non-hydrogen) atoms. The van der Waals surface area contributed by atoms with Crippen LogP contribution in [0.25, 0.3) is 72.6 Å². The fourth-order valence-electron chi connectivity index (χ4n) is 13.9. The van der Waals surface area contributed by atoms with Crippen LogP contribution in [0.3, 0.4) is 0 Å². The fraction of sp³-hybridized carbons (Fsp3) is 0.622. The molecular weight excluding hydrogens is 1490 g/mol. The van der Waals surface area contributed by atoms with Crippen LogP contribution in [0.15, 0.2) is 80.4 Å². The molecule has 6 nitrogen and oxygen atoms in total. The highest BCUT2D eigenvalue weighted by atomic mass is 79.9. The third-order valence-electron chi connectivity index (χ3n) is 20.2. The van der Waals surface area contributed by atoms with Gasteiger partial charge >= 0.3 is 0 Å². The maximum absolute atomic E-state index is 6.82. The molecule has 13 heteroatoms. The molecule has 0 aliphatic heterocycles. The van der Waals surface area contributed by atoms with Crippen LogP contribution in [-0.4, -0.2) is 36.4 Å². The van der Waals surface area contributed by atoms with Gasteiger partial charge in [-0.05, 0) is 155 Å². The number of thiophene rings is 5. The molecule has 8 aromatic rings. The van der Waals surface area contributed by atoms with E-state index in [1.807, 2.05) is 56.7 Å². The summed E-state index contributed by atoms with van der Waals surface area (Å²) in [7, 11) is 0. The highest BCUT2D eigenvalue weighted by molar-refractivity contribution is 9.11. The number of fused-ring (bicyclic) bond motifs is 1. The summed E-state index contributed by atoms with van der Waals surface area (Å²) in [5.74, 6) is 3.21. The van der Waals surface area contributed by atoms with Crippen molar-refractivity contribution in [2.75, 3.05) is 26.4 Å². The van der Waals surface area contributed by atoms with Gasteiger partial charge in [0.15, 0.2) is 0 Å². The second-order valence-electron chi connectivity index (χ2n) is 29.2. The van der Waals surface area contributed by atoms with Crippen LogP contribution < -0.4 is 18.9 Å². The molecule has 6 heterocycles. The van der Waals surface area contributed by atoms with Gasteiger partial charge in [-0.25, -0.2) is 9.97 Å². The zero-order chi connectivity index (χ0) is 72.3. The van der Waals surface area contributed by atoms with Crippen LogP contribution in [0.5, 0.6) is 23.0 Å². The Labute approximate surface area is 662 Å². The van der Waals surface area contributed by atoms with Crippen molar-refractivity contribution in [3.63, 3.8) is 0 Å². The number of nitrogens with zero attached hydrogens (tertiary/aromatic N) is 2. The molecule has 0 saturated heterocycles. The summed E-state index contributed by atoms with van der Waals surface area (Å²) in [6.45, 7) is 16.3. The zero-order valence-corrected chi connectivity index (χ0v) is 71.9. The second kappa shape index (κ2) is 51.0. The van der Waals surface area contributed by atoms with Crippen LogP contribution >= 0.6 is 88.5 Å². The van der Waals surface area contributed by atoms with Crippen molar-refractivity contribution < 1.29 is 18.9 Å². The minimum absolute atomic E-state index is 0.646. The molecule has 6 aromatic heterocycles. The maximum Gasteiger partial charge on any atom is 0.123 e. The number of hydrogen-bond donors (Lipinski definition) is 0. The number of aryl methyl sites for hydroxylation is 2. The molecule has 0 aliphatic rings. The third-order valence-corrected chi connectivity index (χ3v) is 28.2. The summed E-state index contributed by atoms with van der Waals surface area (Å²) in [6, 6.07) is 27.4. The Hall–Kier alpha value is -3.56. The minimum Gasteiger partial charge on any atom is -0.493 e. The lowest BCUT2D eigenvalue weighted by Crippen LogP contribution is -2.03. The molecule has 0 atom stereocenters. The standard InChI is InChI=1S/C90H130Br2N2O4S5/c1-7-13-19-25-31-33-35-37-39-45-51-69-65-81(101-89(69)91)77-53-55-79(99-77)87-85-86(88(103-87)80-56-54-78(100-80)82-66-70(90(92)102-82)52-46-40-38-36-34-32-26-20-14-8-2)94-84(72-63-75(97-59-49-43-29-23-17-11-5)68-76(64-72)98-60-50-44-30-24-18-12-6)83(93-85)71-61-73(95-57-47-41-27-21-15-9-3)67-74(62-71)96-58-48-42-28-22-16-10-4/h53-56,61-68H,7-52,57-60H2,1-6H3. The Morgan fingerprint density at radius 1 is 0.262 bits per heavy atom. The molecule has 0 bridgehead atoms. The van der Waals surface area contributed by atoms with Gasteiger partial charge in [-0.1, -0.05) is 286 Å². The molecule has 0 unspecified atom stereocenters. The molecule has 0 fully saturated rings. The number of rotatable bonds is 60. The van der Waals surface area contributed by atoms with Crippen molar-refractivity contribution in [3.8, 4) is 84.5 Å². The average Bonchev–Trinajstić information content (AvgIpc) is 1.61. The SMILES string of the molecule is CCCCCCCCCCCCc1cc(-c2ccc(-c3sc(-c4ccc(-c5cc(CCCCCCCCCCCC)c(Br)s5)s4)c4nc(-c5cc(OCCCCCCCC)cc(OCCCCCCCC)c5)c(-c5cc(OCCCCCCCC)cc(OCCCCCCCC)c5)nc34)s2)sc1Br. The molecule has 0 amide bonds. The highest BCUT2D eigenvalue weighted by Crippen LogP contribution is 2.52. The Morgan fingerprint density at radius 2 is 0.515 bits per heavy atom. The molecule has 2 aromatic carbocycles. The molecule has 0 saturated carbocycles. The normalized spacial score (nSPS) is 11.7. The van der Waals surface area contributed by atoms with E-state index < -0.39 is 0 Å². The van der Waals surface area contributed by atoms with Crippen LogP contribution in [0.4, 0.5) is 0 Å². The van der Waals surface area contributed by atoms with Crippen molar-refractivity contribution in [2.24, 2.45) is 0 Å². The van der Waals surface area contributed by atoms with Crippen molar-refractivity contribution in [1.82, 2.24) is 9.97 Å². The van der Waals surface area contributed by atoms with E-state index in [1.54, 1.807) is 0 Å². The summed E-state index contributed by atoms with van der Waals surface area (Å²) in [4.78, 5) is 22.0. The number of ether oxygens (including phenoxy) is 4. The van der Waals surface area contributed by atoms with Gasteiger partial charge in [0.1, 0.15) is 34.0 Å². The fourth-order valence-corrected chi connectivity index (χ4v) is 21.0. The summed E-state index contributed by atoms with van der Waals surface area (Å²) >= 11 is 17.5. The van der Waals surface area contributed by atoms with Crippen LogP contribution in [-0.2, 0) is 12.8 Å². The average molecular weight is 1620 g/mol. The monoisotopic (exact) mass is 1620 g/mol. The summed E-state index contributed by atoms with van der Waals surface area (Å²) in [6.07, 6.45) is 57.9. The van der Waals surface area contributed by atoms with Gasteiger partial charge in [-0.3, -0.25) is 0 Å². The molecule has 0 N–H and O–H groups in total. The first-order valence-corrected chi connectivity index (χ1v) is 47.3. The first kappa shape index (κ1) is 85.1. The van der Waals surface area contributed by atoms with Gasteiger partial charge in [-0.2, -0.15) is 0 Å². The van der Waals surface area contributed by atoms with Crippen LogP contribution in [0.2, 0.25) is 0 Å². The van der Waals surface area contributed by atoms with Gasteiger partial charge in [0.25, 0.3) is 0 Å². The maximum atomic E-state index is 6.82. The predicted octanol–water partition coefficient (Wildman–Crippen LogP) is 33.3. The van der Waals surface area contributed by atoms with Gasteiger partial charge in [0, 0.05) is 52.5 Å². The first-order valence-electron chi connectivity index (χ1n) is 41.7. The van der Waals surface area contributed by atoms with Crippen molar-refractivity contribution in [2.45, 2.75) is 337 Å². The van der Waals surface area contributed by atoms with E-state index in [0.29, 0.717) is 26.4 Å². The number of hydrogen-bond acceptors (Lipinski definition) is 11. The van der Waals surface area contributed by atoms with Crippen molar-refractivity contribution >= 4 is 99.6 Å². The summed E-state index contributed by atoms with van der Waals surface area (Å²) < 4.78 is 29.8. The Kier molecular flexibility index (Phi) is 42.1. The highest BCUT2D eigenvalue weighted by Gasteiger charge is 2.26. The third kappa shape index (κ3) is 30.1. The van der Waals surface area contributed by atoms with Gasteiger partial charge < -0.3 is 18.9 Å². The van der Waals surface area contributed by atoms with Gasteiger partial charge in [0.05, 0.1) is 55.1 Å². The Morgan fingerprint density at radius 3 is 0.796 bits per heavy atom. The van der Waals surface area contributed by atoms with Crippen molar-refractivity contribution in [1.29, 1.82) is 0 Å². The molecule has 0 aliphatic carbocycles. The zero-order valence-electron chi connectivity index (χ0n) is 64.6. The van der Waals surface area contributed by atoms with E-state index in [4.69, 9.17) is 28.9 Å². The Balaban J connectivity index is 1.22. The number of benzene rings is 2. The van der Waals surface area contributed by atoms with Gasteiger partial charge in [0.2, 0.25) is 0 Å². The number of halogens is 2. The van der Waals surface area contributed by atoms with Crippen LogP contribution in [0.1, 0.15) is 335 Å². The largest absolute Gasteiger partial charge is 0.493 e. The number of aromatic nitrogens is 2. The van der Waals surface area contributed by atoms with E-state index in [1.165, 1.54) is 279 Å². The predicted molar refractivity (Wildman–Crippen MR) is 464 cm³/mol. The lowest BCUT2D eigenvalue weighted by atomic mass is 10.0. The topological polar surface area (TPSA) is 62.7 Å².